The molecule has 3 rings (SSSR count). The maximum Gasteiger partial charge on any atom is 0.303 e. The number of esters is 1. The van der Waals surface area contributed by atoms with Crippen LogP contribution in [0.15, 0.2) is 27.8 Å². The van der Waals surface area contributed by atoms with E-state index in [2.05, 4.69) is 23.2 Å². The van der Waals surface area contributed by atoms with Gasteiger partial charge in [-0.25, -0.2) is 0 Å². The van der Waals surface area contributed by atoms with Crippen molar-refractivity contribution < 1.29 is 14.3 Å². The third-order valence-electron chi connectivity index (χ3n) is 3.74. The molecule has 1 aromatic rings. The quantitative estimate of drug-likeness (QED) is 0.688. The largest absolute Gasteiger partial charge is 0.453 e. The molecule has 1 aliphatic carbocycles. The molecule has 1 atom stereocenters. The first-order valence-corrected chi connectivity index (χ1v) is 8.13. The SMILES string of the molecule is CC(=O)O[C@H](C)C(=O)NC1=C=Cc2cc3c(cc2S1)CCC3. The Morgan fingerprint density at radius 2 is 2.05 bits per heavy atom. The summed E-state index contributed by atoms with van der Waals surface area (Å²) in [5, 5.41) is 3.39. The molecule has 0 saturated heterocycles. The van der Waals surface area contributed by atoms with Crippen molar-refractivity contribution in [3.8, 4) is 0 Å². The molecule has 1 N–H and O–H groups in total. The van der Waals surface area contributed by atoms with Gasteiger partial charge in [-0.05, 0) is 61.1 Å². The molecule has 1 aromatic carbocycles. The summed E-state index contributed by atoms with van der Waals surface area (Å²) in [5.74, 6) is -0.812. The highest BCUT2D eigenvalue weighted by Crippen LogP contribution is 2.36. The Balaban J connectivity index is 1.73. The molecule has 0 saturated carbocycles. The van der Waals surface area contributed by atoms with Crippen LogP contribution in [-0.2, 0) is 27.2 Å². The molecular formula is C17H17NO3S. The first kappa shape index (κ1) is 14.9. The fourth-order valence-electron chi connectivity index (χ4n) is 2.68. The van der Waals surface area contributed by atoms with Gasteiger partial charge in [-0.1, -0.05) is 17.5 Å². The van der Waals surface area contributed by atoms with Crippen molar-refractivity contribution in [2.75, 3.05) is 0 Å². The lowest BCUT2D eigenvalue weighted by Crippen LogP contribution is -2.34. The number of hydrogen-bond donors (Lipinski definition) is 1. The molecule has 0 radical (unpaired) electrons. The number of fused-ring (bicyclic) bond motifs is 2. The van der Waals surface area contributed by atoms with Crippen LogP contribution in [0.4, 0.5) is 0 Å². The number of hydrogen-bond acceptors (Lipinski definition) is 4. The molecule has 1 heterocycles. The second kappa shape index (κ2) is 6.03. The van der Waals surface area contributed by atoms with Crippen molar-refractivity contribution >= 4 is 29.7 Å². The zero-order valence-corrected chi connectivity index (χ0v) is 13.4. The van der Waals surface area contributed by atoms with E-state index in [0.717, 1.165) is 23.3 Å². The van der Waals surface area contributed by atoms with Crippen LogP contribution >= 0.6 is 11.8 Å². The van der Waals surface area contributed by atoms with Crippen molar-refractivity contribution in [1.29, 1.82) is 0 Å². The van der Waals surface area contributed by atoms with Crippen LogP contribution in [0.1, 0.15) is 37.0 Å². The van der Waals surface area contributed by atoms with Gasteiger partial charge in [-0.15, -0.1) is 0 Å². The summed E-state index contributed by atoms with van der Waals surface area (Å²) in [7, 11) is 0. The Morgan fingerprint density at radius 3 is 2.77 bits per heavy atom. The van der Waals surface area contributed by atoms with Crippen LogP contribution in [0, 0.1) is 0 Å². The molecule has 2 aliphatic rings. The molecule has 4 nitrogen and oxygen atoms in total. The number of amides is 1. The van der Waals surface area contributed by atoms with Gasteiger partial charge in [-0.3, -0.25) is 9.59 Å². The molecule has 0 aromatic heterocycles. The topological polar surface area (TPSA) is 55.4 Å². The molecule has 0 spiro atoms. The number of rotatable bonds is 3. The molecule has 5 heteroatoms. The average molecular weight is 315 g/mol. The molecule has 0 unspecified atom stereocenters. The van der Waals surface area contributed by atoms with Crippen LogP contribution in [-0.4, -0.2) is 18.0 Å². The summed E-state index contributed by atoms with van der Waals surface area (Å²) < 4.78 is 4.87. The summed E-state index contributed by atoms with van der Waals surface area (Å²) in [6.45, 7) is 2.84. The van der Waals surface area contributed by atoms with Gasteiger partial charge >= 0.3 is 5.97 Å². The van der Waals surface area contributed by atoms with E-state index in [4.69, 9.17) is 4.74 Å². The smallest absolute Gasteiger partial charge is 0.303 e. The van der Waals surface area contributed by atoms with Crippen molar-refractivity contribution in [2.45, 2.75) is 44.1 Å². The number of aryl methyl sites for hydroxylation is 2. The van der Waals surface area contributed by atoms with Crippen molar-refractivity contribution in [1.82, 2.24) is 5.32 Å². The zero-order valence-electron chi connectivity index (χ0n) is 12.6. The second-order valence-electron chi connectivity index (χ2n) is 5.47. The lowest BCUT2D eigenvalue weighted by Gasteiger charge is -2.16. The summed E-state index contributed by atoms with van der Waals surface area (Å²) in [4.78, 5) is 24.0. The minimum Gasteiger partial charge on any atom is -0.453 e. The van der Waals surface area contributed by atoms with Crippen LogP contribution in [0.25, 0.3) is 6.08 Å². The Labute approximate surface area is 133 Å². The third-order valence-corrected chi connectivity index (χ3v) is 4.74. The first-order chi connectivity index (χ1) is 10.5. The number of thioether (sulfide) groups is 1. The molecule has 0 fully saturated rings. The lowest BCUT2D eigenvalue weighted by atomic mass is 10.1. The highest BCUT2D eigenvalue weighted by molar-refractivity contribution is 8.03. The Kier molecular flexibility index (Phi) is 4.10. The molecule has 0 bridgehead atoms. The number of ether oxygens (including phenoxy) is 1. The fourth-order valence-corrected chi connectivity index (χ4v) is 3.61. The maximum absolute atomic E-state index is 12.0. The van der Waals surface area contributed by atoms with Gasteiger partial charge in [0, 0.05) is 11.8 Å². The average Bonchev–Trinajstić information content (AvgIpc) is 2.91. The van der Waals surface area contributed by atoms with E-state index in [9.17, 15) is 9.59 Å². The summed E-state index contributed by atoms with van der Waals surface area (Å²) in [5.41, 5.74) is 7.07. The minimum atomic E-state index is -0.811. The first-order valence-electron chi connectivity index (χ1n) is 7.31. The number of benzene rings is 1. The van der Waals surface area contributed by atoms with Crippen LogP contribution in [0.5, 0.6) is 0 Å². The summed E-state index contributed by atoms with van der Waals surface area (Å²) in [6.07, 6.45) is 4.57. The van der Waals surface area contributed by atoms with Gasteiger partial charge in [0.2, 0.25) is 0 Å². The van der Waals surface area contributed by atoms with Gasteiger partial charge < -0.3 is 10.1 Å². The molecule has 1 aliphatic heterocycles. The predicted octanol–water partition coefficient (Wildman–Crippen LogP) is 2.80. The van der Waals surface area contributed by atoms with E-state index in [1.807, 2.05) is 6.08 Å². The Hall–Kier alpha value is -1.97. The number of carbonyl (C=O) groups is 2. The molecule has 22 heavy (non-hydrogen) atoms. The van der Waals surface area contributed by atoms with E-state index >= 15 is 0 Å². The predicted molar refractivity (Wildman–Crippen MR) is 85.2 cm³/mol. The van der Waals surface area contributed by atoms with E-state index < -0.39 is 12.1 Å². The lowest BCUT2D eigenvalue weighted by molar-refractivity contribution is -0.152. The zero-order chi connectivity index (χ0) is 15.7. The highest BCUT2D eigenvalue weighted by atomic mass is 32.2. The van der Waals surface area contributed by atoms with Gasteiger partial charge in [0.05, 0.1) is 0 Å². The standard InChI is InChI=1S/C17H17NO3S/c1-10(21-11(2)19)17(20)18-16-7-6-14-8-12-4-3-5-13(12)9-15(14)22-16/h6,8-10H,3-5H2,1-2H3,(H,18,20)/t10-/m1/s1. The van der Waals surface area contributed by atoms with Gasteiger partial charge in [0.15, 0.2) is 6.10 Å². The van der Waals surface area contributed by atoms with E-state index in [1.54, 1.807) is 6.92 Å². The van der Waals surface area contributed by atoms with Crippen LogP contribution in [0.3, 0.4) is 0 Å². The van der Waals surface area contributed by atoms with Crippen LogP contribution < -0.4 is 5.32 Å². The molecular weight excluding hydrogens is 298 g/mol. The summed E-state index contributed by atoms with van der Waals surface area (Å²) >= 11 is 1.49. The van der Waals surface area contributed by atoms with Crippen molar-refractivity contribution in [2.24, 2.45) is 0 Å². The van der Waals surface area contributed by atoms with E-state index in [0.29, 0.717) is 5.03 Å². The van der Waals surface area contributed by atoms with Gasteiger partial charge in [0.1, 0.15) is 5.03 Å². The Morgan fingerprint density at radius 1 is 1.32 bits per heavy atom. The van der Waals surface area contributed by atoms with Gasteiger partial charge in [-0.2, -0.15) is 0 Å². The normalized spacial score (nSPS) is 16.4. The van der Waals surface area contributed by atoms with Crippen molar-refractivity contribution in [3.63, 3.8) is 0 Å². The van der Waals surface area contributed by atoms with Crippen LogP contribution in [0.2, 0.25) is 0 Å². The second-order valence-corrected chi connectivity index (χ2v) is 6.53. The van der Waals surface area contributed by atoms with Crippen molar-refractivity contribution in [3.05, 3.63) is 39.6 Å². The summed E-state index contributed by atoms with van der Waals surface area (Å²) in [6, 6.07) is 4.43. The minimum absolute atomic E-state index is 0.344. The maximum atomic E-state index is 12.0. The number of nitrogens with one attached hydrogen (secondary N) is 1. The molecule has 1 amide bonds. The Bertz CT molecular complexity index is 717. The van der Waals surface area contributed by atoms with Gasteiger partial charge in [0.25, 0.3) is 5.91 Å². The molecule has 114 valence electrons. The van der Waals surface area contributed by atoms with E-state index in [1.165, 1.54) is 36.2 Å². The number of carbonyl (C=O) groups excluding carboxylic acids is 2. The monoisotopic (exact) mass is 315 g/mol. The highest BCUT2D eigenvalue weighted by Gasteiger charge is 2.20. The third kappa shape index (κ3) is 3.11. The van der Waals surface area contributed by atoms with E-state index in [-0.39, 0.29) is 5.91 Å². The fraction of sp³-hybridized carbons (Fsp3) is 0.353.